The van der Waals surface area contributed by atoms with Gasteiger partial charge in [0.25, 0.3) is 0 Å². The molecule has 108 valence electrons. The van der Waals surface area contributed by atoms with Crippen molar-refractivity contribution in [2.75, 3.05) is 33.9 Å². The summed E-state index contributed by atoms with van der Waals surface area (Å²) in [5.74, 6) is 0.457. The van der Waals surface area contributed by atoms with Crippen LogP contribution < -0.4 is 15.4 Å². The maximum Gasteiger partial charge on any atom is 0.234 e. The molecular weight excluding hydrogens is 258 g/mol. The molecule has 0 bridgehead atoms. The maximum absolute atomic E-state index is 11.4. The van der Waals surface area contributed by atoms with Crippen molar-refractivity contribution >= 4 is 5.91 Å². The van der Waals surface area contributed by atoms with E-state index in [9.17, 15) is 4.79 Å². The van der Waals surface area contributed by atoms with E-state index in [-0.39, 0.29) is 12.5 Å². The number of benzene rings is 1. The summed E-state index contributed by atoms with van der Waals surface area (Å²) < 4.78 is 9.96. The van der Waals surface area contributed by atoms with Crippen LogP contribution in [0, 0.1) is 11.3 Å². The highest BCUT2D eigenvalue weighted by atomic mass is 16.5. The molecule has 0 heterocycles. The van der Waals surface area contributed by atoms with E-state index in [1.807, 2.05) is 6.07 Å². The quantitative estimate of drug-likeness (QED) is 0.673. The monoisotopic (exact) mass is 277 g/mol. The van der Waals surface area contributed by atoms with Crippen LogP contribution in [0.2, 0.25) is 0 Å². The fraction of sp³-hybridized carbons (Fsp3) is 0.429. The molecular formula is C14H19N3O3. The molecule has 0 aromatic heterocycles. The van der Waals surface area contributed by atoms with Crippen LogP contribution in [-0.2, 0) is 16.1 Å². The number of nitrogens with one attached hydrogen (secondary N) is 2. The van der Waals surface area contributed by atoms with Gasteiger partial charge in [0.05, 0.1) is 25.8 Å². The van der Waals surface area contributed by atoms with Gasteiger partial charge < -0.3 is 20.1 Å². The summed E-state index contributed by atoms with van der Waals surface area (Å²) in [6.07, 6.45) is 0. The van der Waals surface area contributed by atoms with E-state index < -0.39 is 0 Å². The SMILES string of the molecule is COCCNC(=O)CNCc1ccc(C#N)c(OC)c1. The number of carbonyl (C=O) groups is 1. The molecule has 6 heteroatoms. The highest BCUT2D eigenvalue weighted by Gasteiger charge is 2.04. The number of rotatable bonds is 8. The summed E-state index contributed by atoms with van der Waals surface area (Å²) in [6, 6.07) is 7.37. The van der Waals surface area contributed by atoms with Crippen LogP contribution in [0.4, 0.5) is 0 Å². The Labute approximate surface area is 118 Å². The van der Waals surface area contributed by atoms with Crippen LogP contribution in [0.3, 0.4) is 0 Å². The van der Waals surface area contributed by atoms with Crippen LogP contribution >= 0.6 is 0 Å². The normalized spacial score (nSPS) is 9.85. The lowest BCUT2D eigenvalue weighted by Crippen LogP contribution is -2.35. The summed E-state index contributed by atoms with van der Waals surface area (Å²) >= 11 is 0. The summed E-state index contributed by atoms with van der Waals surface area (Å²) in [5, 5.41) is 14.6. The Balaban J connectivity index is 2.39. The molecule has 0 unspecified atom stereocenters. The Morgan fingerprint density at radius 2 is 2.20 bits per heavy atom. The predicted molar refractivity (Wildman–Crippen MR) is 74.3 cm³/mol. The fourth-order valence-electron chi connectivity index (χ4n) is 1.61. The van der Waals surface area contributed by atoms with E-state index in [1.165, 1.54) is 7.11 Å². The van der Waals surface area contributed by atoms with Crippen LogP contribution in [0.5, 0.6) is 5.75 Å². The Bertz CT molecular complexity index is 483. The van der Waals surface area contributed by atoms with Crippen molar-refractivity contribution in [2.24, 2.45) is 0 Å². The molecule has 0 saturated carbocycles. The molecule has 0 spiro atoms. The summed E-state index contributed by atoms with van der Waals surface area (Å²) in [6.45, 7) is 1.76. The van der Waals surface area contributed by atoms with Gasteiger partial charge in [-0.1, -0.05) is 6.07 Å². The van der Waals surface area contributed by atoms with Gasteiger partial charge in [0, 0.05) is 20.2 Å². The highest BCUT2D eigenvalue weighted by Crippen LogP contribution is 2.18. The highest BCUT2D eigenvalue weighted by molar-refractivity contribution is 5.77. The number of methoxy groups -OCH3 is 2. The zero-order valence-corrected chi connectivity index (χ0v) is 11.7. The molecule has 0 fully saturated rings. The molecule has 6 nitrogen and oxygen atoms in total. The number of nitriles is 1. The average molecular weight is 277 g/mol. The molecule has 1 aromatic carbocycles. The van der Waals surface area contributed by atoms with Crippen molar-refractivity contribution in [1.29, 1.82) is 5.26 Å². The van der Waals surface area contributed by atoms with Crippen molar-refractivity contribution in [3.8, 4) is 11.8 Å². The van der Waals surface area contributed by atoms with Crippen LogP contribution in [-0.4, -0.2) is 39.8 Å². The van der Waals surface area contributed by atoms with Crippen LogP contribution in [0.1, 0.15) is 11.1 Å². The van der Waals surface area contributed by atoms with Gasteiger partial charge in [0.1, 0.15) is 11.8 Å². The van der Waals surface area contributed by atoms with Gasteiger partial charge in [-0.3, -0.25) is 4.79 Å². The average Bonchev–Trinajstić information content (AvgIpc) is 2.47. The molecule has 0 aliphatic rings. The molecule has 2 N–H and O–H groups in total. The van der Waals surface area contributed by atoms with E-state index in [1.54, 1.807) is 19.2 Å². The molecule has 1 aromatic rings. The first-order valence-corrected chi connectivity index (χ1v) is 6.24. The van der Waals surface area contributed by atoms with Gasteiger partial charge in [-0.2, -0.15) is 5.26 Å². The second kappa shape index (κ2) is 8.91. The van der Waals surface area contributed by atoms with Crippen LogP contribution in [0.25, 0.3) is 0 Å². The molecule has 1 amide bonds. The topological polar surface area (TPSA) is 83.4 Å². The predicted octanol–water partition coefficient (Wildman–Crippen LogP) is 0.419. The minimum atomic E-state index is -0.0809. The molecule has 0 atom stereocenters. The zero-order chi connectivity index (χ0) is 14.8. The van der Waals surface area contributed by atoms with Crippen LogP contribution in [0.15, 0.2) is 18.2 Å². The lowest BCUT2D eigenvalue weighted by Gasteiger charge is -2.08. The number of nitrogens with zero attached hydrogens (tertiary/aromatic N) is 1. The lowest BCUT2D eigenvalue weighted by molar-refractivity contribution is -0.120. The third kappa shape index (κ3) is 5.26. The van der Waals surface area contributed by atoms with Crippen molar-refractivity contribution in [3.05, 3.63) is 29.3 Å². The minimum absolute atomic E-state index is 0.0809. The van der Waals surface area contributed by atoms with Crippen molar-refractivity contribution in [3.63, 3.8) is 0 Å². The fourth-order valence-corrected chi connectivity index (χ4v) is 1.61. The smallest absolute Gasteiger partial charge is 0.234 e. The number of ether oxygens (including phenoxy) is 2. The van der Waals surface area contributed by atoms with Crippen molar-refractivity contribution in [2.45, 2.75) is 6.54 Å². The lowest BCUT2D eigenvalue weighted by atomic mass is 10.1. The molecule has 0 saturated heterocycles. The second-order valence-electron chi connectivity index (χ2n) is 4.09. The van der Waals surface area contributed by atoms with Crippen molar-refractivity contribution < 1.29 is 14.3 Å². The first-order chi connectivity index (χ1) is 9.71. The molecule has 1 rings (SSSR count). The van der Waals surface area contributed by atoms with Gasteiger partial charge in [0.15, 0.2) is 0 Å². The number of hydrogen-bond acceptors (Lipinski definition) is 5. The first-order valence-electron chi connectivity index (χ1n) is 6.24. The van der Waals surface area contributed by atoms with E-state index in [4.69, 9.17) is 14.7 Å². The second-order valence-corrected chi connectivity index (χ2v) is 4.09. The third-order valence-corrected chi connectivity index (χ3v) is 2.63. The number of carbonyl (C=O) groups excluding carboxylic acids is 1. The van der Waals surface area contributed by atoms with E-state index in [2.05, 4.69) is 16.7 Å². The molecule has 20 heavy (non-hydrogen) atoms. The maximum atomic E-state index is 11.4. The summed E-state index contributed by atoms with van der Waals surface area (Å²) in [7, 11) is 3.11. The van der Waals surface area contributed by atoms with E-state index in [0.29, 0.717) is 31.0 Å². The van der Waals surface area contributed by atoms with Gasteiger partial charge in [0.2, 0.25) is 5.91 Å². The Hall–Kier alpha value is -2.10. The van der Waals surface area contributed by atoms with E-state index in [0.717, 1.165) is 5.56 Å². The summed E-state index contributed by atoms with van der Waals surface area (Å²) in [4.78, 5) is 11.4. The van der Waals surface area contributed by atoms with E-state index >= 15 is 0 Å². The number of hydrogen-bond donors (Lipinski definition) is 2. The van der Waals surface area contributed by atoms with Crippen molar-refractivity contribution in [1.82, 2.24) is 10.6 Å². The Morgan fingerprint density at radius 1 is 1.40 bits per heavy atom. The molecule has 0 aliphatic heterocycles. The summed E-state index contributed by atoms with van der Waals surface area (Å²) in [5.41, 5.74) is 1.44. The molecule has 0 radical (unpaired) electrons. The van der Waals surface area contributed by atoms with Gasteiger partial charge in [-0.05, 0) is 17.7 Å². The third-order valence-electron chi connectivity index (χ3n) is 2.63. The van der Waals surface area contributed by atoms with Gasteiger partial charge >= 0.3 is 0 Å². The Morgan fingerprint density at radius 3 is 2.85 bits per heavy atom. The first kappa shape index (κ1) is 16.0. The zero-order valence-electron chi connectivity index (χ0n) is 11.7. The number of amides is 1. The Kier molecular flexibility index (Phi) is 7.11. The van der Waals surface area contributed by atoms with Gasteiger partial charge in [-0.25, -0.2) is 0 Å². The van der Waals surface area contributed by atoms with Gasteiger partial charge in [-0.15, -0.1) is 0 Å². The largest absolute Gasteiger partial charge is 0.495 e. The standard InChI is InChI=1S/C14H19N3O3/c1-19-6-5-17-14(18)10-16-9-11-3-4-12(8-15)13(7-11)20-2/h3-4,7,16H,5-6,9-10H2,1-2H3,(H,17,18). The molecule has 0 aliphatic carbocycles. The minimum Gasteiger partial charge on any atom is -0.495 e.